The zero-order valence-electron chi connectivity index (χ0n) is 14.6. The molecule has 3 aromatic rings. The number of pyridine rings is 1. The van der Waals surface area contributed by atoms with Crippen molar-refractivity contribution in [3.8, 4) is 0 Å². The molecule has 0 saturated carbocycles. The van der Waals surface area contributed by atoms with Gasteiger partial charge in [0.15, 0.2) is 6.04 Å². The van der Waals surface area contributed by atoms with Crippen molar-refractivity contribution < 1.29 is 9.59 Å². The number of aromatic nitrogens is 2. The van der Waals surface area contributed by atoms with Crippen molar-refractivity contribution >= 4 is 34.9 Å². The first kappa shape index (κ1) is 17.4. The molecule has 2 N–H and O–H groups in total. The predicted octanol–water partition coefficient (Wildman–Crippen LogP) is 3.00. The maximum Gasteiger partial charge on any atom is 0.322 e. The number of carbonyl (C=O) groups excluding carboxylic acids is 2. The van der Waals surface area contributed by atoms with Gasteiger partial charge in [0.2, 0.25) is 5.91 Å². The molecule has 0 radical (unpaired) electrons. The van der Waals surface area contributed by atoms with Crippen molar-refractivity contribution in [2.75, 3.05) is 18.4 Å². The zero-order chi connectivity index (χ0) is 19.0. The van der Waals surface area contributed by atoms with Crippen molar-refractivity contribution in [1.29, 1.82) is 0 Å². The Balaban J connectivity index is 1.71. The Morgan fingerprint density at radius 3 is 2.96 bits per heavy atom. The van der Waals surface area contributed by atoms with Gasteiger partial charge in [-0.3, -0.25) is 4.79 Å². The highest BCUT2D eigenvalue weighted by Crippen LogP contribution is 2.28. The third-order valence-corrected chi connectivity index (χ3v) is 4.79. The lowest BCUT2D eigenvalue weighted by Crippen LogP contribution is -2.53. The number of hydrogen-bond acceptors (Lipinski definition) is 3. The number of rotatable bonds is 2. The van der Waals surface area contributed by atoms with Gasteiger partial charge in [0.1, 0.15) is 5.65 Å². The fraction of sp³-hybridized carbons (Fsp3) is 0.211. The lowest BCUT2D eigenvalue weighted by molar-refractivity contribution is -0.127. The number of piperazine rings is 1. The Morgan fingerprint density at radius 1 is 1.30 bits per heavy atom. The van der Waals surface area contributed by atoms with Gasteiger partial charge in [-0.1, -0.05) is 23.7 Å². The number of nitrogens with one attached hydrogen (secondary N) is 2. The van der Waals surface area contributed by atoms with Crippen LogP contribution < -0.4 is 10.6 Å². The summed E-state index contributed by atoms with van der Waals surface area (Å²) in [6.07, 6.45) is 1.85. The second kappa shape index (κ2) is 6.92. The Hall–Kier alpha value is -3.06. The highest BCUT2D eigenvalue weighted by molar-refractivity contribution is 6.30. The third kappa shape index (κ3) is 3.21. The van der Waals surface area contributed by atoms with E-state index in [1.165, 1.54) is 4.90 Å². The highest BCUT2D eigenvalue weighted by Gasteiger charge is 2.37. The molecule has 0 bridgehead atoms. The van der Waals surface area contributed by atoms with E-state index < -0.39 is 6.04 Å². The number of nitrogens with zero attached hydrogens (tertiary/aromatic N) is 3. The van der Waals surface area contributed by atoms with Crippen molar-refractivity contribution in [2.24, 2.45) is 0 Å². The van der Waals surface area contributed by atoms with Crippen LogP contribution >= 0.6 is 11.6 Å². The summed E-state index contributed by atoms with van der Waals surface area (Å²) < 4.78 is 1.85. The van der Waals surface area contributed by atoms with Gasteiger partial charge in [-0.25, -0.2) is 9.78 Å². The van der Waals surface area contributed by atoms with E-state index in [-0.39, 0.29) is 11.9 Å². The fourth-order valence-electron chi connectivity index (χ4n) is 3.38. The molecular weight excluding hydrogens is 366 g/mol. The van der Waals surface area contributed by atoms with Crippen LogP contribution in [0.15, 0.2) is 48.7 Å². The first-order valence-electron chi connectivity index (χ1n) is 8.59. The summed E-state index contributed by atoms with van der Waals surface area (Å²) in [4.78, 5) is 31.7. The molecule has 0 aliphatic carbocycles. The lowest BCUT2D eigenvalue weighted by atomic mass is 10.1. The average Bonchev–Trinajstić information content (AvgIpc) is 2.97. The molecule has 8 heteroatoms. The monoisotopic (exact) mass is 383 g/mol. The Kier molecular flexibility index (Phi) is 4.45. The van der Waals surface area contributed by atoms with Crippen molar-refractivity contribution in [1.82, 2.24) is 19.6 Å². The molecule has 1 saturated heterocycles. The molecule has 138 valence electrons. The van der Waals surface area contributed by atoms with E-state index in [4.69, 9.17) is 11.6 Å². The van der Waals surface area contributed by atoms with Gasteiger partial charge in [0, 0.05) is 30.0 Å². The van der Waals surface area contributed by atoms with Crippen LogP contribution in [-0.4, -0.2) is 39.3 Å². The molecule has 2 aromatic heterocycles. The van der Waals surface area contributed by atoms with E-state index in [2.05, 4.69) is 15.6 Å². The number of urea groups is 1. The topological polar surface area (TPSA) is 78.7 Å². The molecule has 1 fully saturated rings. The minimum absolute atomic E-state index is 0.226. The summed E-state index contributed by atoms with van der Waals surface area (Å²) in [6.45, 7) is 2.63. The summed E-state index contributed by atoms with van der Waals surface area (Å²) in [5, 5.41) is 6.20. The average molecular weight is 384 g/mol. The summed E-state index contributed by atoms with van der Waals surface area (Å²) in [5.41, 5.74) is 2.71. The van der Waals surface area contributed by atoms with Gasteiger partial charge in [-0.05, 0) is 37.3 Å². The van der Waals surface area contributed by atoms with E-state index in [0.29, 0.717) is 35.2 Å². The molecule has 27 heavy (non-hydrogen) atoms. The second-order valence-corrected chi connectivity index (χ2v) is 6.78. The summed E-state index contributed by atoms with van der Waals surface area (Å²) in [7, 11) is 0. The number of benzene rings is 1. The Morgan fingerprint density at radius 2 is 2.15 bits per heavy atom. The maximum atomic E-state index is 12.9. The number of imidazole rings is 1. The highest BCUT2D eigenvalue weighted by atomic mass is 35.5. The molecule has 0 spiro atoms. The third-order valence-electron chi connectivity index (χ3n) is 4.56. The molecule has 3 amide bonds. The van der Waals surface area contributed by atoms with Gasteiger partial charge in [0.05, 0.1) is 11.4 Å². The van der Waals surface area contributed by atoms with Gasteiger partial charge in [-0.15, -0.1) is 0 Å². The first-order chi connectivity index (χ1) is 13.0. The van der Waals surface area contributed by atoms with E-state index >= 15 is 0 Å². The summed E-state index contributed by atoms with van der Waals surface area (Å²) in [5.74, 6) is -0.226. The largest absolute Gasteiger partial charge is 0.352 e. The normalized spacial score (nSPS) is 17.0. The minimum Gasteiger partial charge on any atom is -0.352 e. The molecule has 3 heterocycles. The van der Waals surface area contributed by atoms with E-state index in [1.54, 1.807) is 24.3 Å². The molecule has 1 aliphatic heterocycles. The number of amides is 3. The second-order valence-electron chi connectivity index (χ2n) is 6.34. The van der Waals surface area contributed by atoms with E-state index in [1.807, 2.05) is 35.7 Å². The lowest BCUT2D eigenvalue weighted by Gasteiger charge is -2.35. The van der Waals surface area contributed by atoms with Crippen molar-refractivity contribution in [3.63, 3.8) is 0 Å². The quantitative estimate of drug-likeness (QED) is 0.714. The van der Waals surface area contributed by atoms with Gasteiger partial charge in [0.25, 0.3) is 0 Å². The van der Waals surface area contributed by atoms with Crippen molar-refractivity contribution in [3.05, 3.63) is 65.1 Å². The predicted molar refractivity (Wildman–Crippen MR) is 103 cm³/mol. The molecule has 1 aliphatic rings. The Bertz CT molecular complexity index is 1030. The minimum atomic E-state index is -0.768. The van der Waals surface area contributed by atoms with Gasteiger partial charge >= 0.3 is 6.03 Å². The smallest absolute Gasteiger partial charge is 0.322 e. The summed E-state index contributed by atoms with van der Waals surface area (Å²) >= 11 is 5.99. The molecular formula is C19H18ClN5O2. The number of aryl methyl sites for hydroxylation is 1. The van der Waals surface area contributed by atoms with Crippen LogP contribution in [-0.2, 0) is 4.79 Å². The van der Waals surface area contributed by atoms with E-state index in [9.17, 15) is 9.59 Å². The molecule has 1 aromatic carbocycles. The van der Waals surface area contributed by atoms with Crippen LogP contribution in [0.5, 0.6) is 0 Å². The molecule has 7 nitrogen and oxygen atoms in total. The van der Waals surface area contributed by atoms with Crippen LogP contribution in [0.2, 0.25) is 5.02 Å². The molecule has 1 atom stereocenters. The number of hydrogen-bond donors (Lipinski definition) is 2. The molecule has 1 unspecified atom stereocenters. The zero-order valence-corrected chi connectivity index (χ0v) is 15.4. The standard InChI is InChI=1S/C19H18ClN5O2/c1-12-16(24-9-3-2-7-15(24)22-12)17-18(26)21-8-10-25(17)19(27)23-14-6-4-5-13(20)11-14/h2-7,9,11,17H,8,10H2,1H3,(H,21,26)(H,23,27). The maximum absolute atomic E-state index is 12.9. The Labute approximate surface area is 160 Å². The number of carbonyl (C=O) groups is 2. The van der Waals surface area contributed by atoms with Crippen LogP contribution in [0.25, 0.3) is 5.65 Å². The van der Waals surface area contributed by atoms with Crippen LogP contribution in [0, 0.1) is 6.92 Å². The van der Waals surface area contributed by atoms with Crippen LogP contribution in [0.3, 0.4) is 0 Å². The summed E-state index contributed by atoms with van der Waals surface area (Å²) in [6, 6.07) is 11.4. The van der Waals surface area contributed by atoms with Crippen LogP contribution in [0.4, 0.5) is 10.5 Å². The van der Waals surface area contributed by atoms with Gasteiger partial charge < -0.3 is 19.9 Å². The fourth-order valence-corrected chi connectivity index (χ4v) is 3.57. The number of anilines is 1. The van der Waals surface area contributed by atoms with E-state index in [0.717, 1.165) is 5.65 Å². The number of fused-ring (bicyclic) bond motifs is 1. The number of halogens is 1. The van der Waals surface area contributed by atoms with Gasteiger partial charge in [-0.2, -0.15) is 0 Å². The van der Waals surface area contributed by atoms with Crippen molar-refractivity contribution in [2.45, 2.75) is 13.0 Å². The SMILES string of the molecule is Cc1nc2ccccn2c1C1C(=O)NCCN1C(=O)Nc1cccc(Cl)c1. The first-order valence-corrected chi connectivity index (χ1v) is 8.97. The van der Waals surface area contributed by atoms with Crippen LogP contribution in [0.1, 0.15) is 17.4 Å². The molecule has 4 rings (SSSR count).